The molecule has 1 heterocycles. The Morgan fingerprint density at radius 2 is 1.81 bits per heavy atom. The first-order valence-electron chi connectivity index (χ1n) is 8.40. The SMILES string of the molecule is Cc1nn(Cc2cccc(F)c2)c(C)c1NC(=S)NCc1ccccc1. The second-order valence-corrected chi connectivity index (χ2v) is 6.53. The predicted molar refractivity (Wildman–Crippen MR) is 107 cm³/mol. The Morgan fingerprint density at radius 3 is 2.54 bits per heavy atom. The van der Waals surface area contributed by atoms with Crippen molar-refractivity contribution in [3.05, 3.63) is 82.9 Å². The van der Waals surface area contributed by atoms with Gasteiger partial charge in [0, 0.05) is 6.54 Å². The van der Waals surface area contributed by atoms with Gasteiger partial charge in [-0.25, -0.2) is 4.39 Å². The lowest BCUT2D eigenvalue weighted by atomic mass is 10.2. The summed E-state index contributed by atoms with van der Waals surface area (Å²) in [5.74, 6) is -0.242. The van der Waals surface area contributed by atoms with E-state index in [2.05, 4.69) is 15.7 Å². The van der Waals surface area contributed by atoms with Gasteiger partial charge in [-0.2, -0.15) is 5.10 Å². The maximum absolute atomic E-state index is 13.4. The molecule has 4 nitrogen and oxygen atoms in total. The van der Waals surface area contributed by atoms with Crippen LogP contribution in [0.4, 0.5) is 10.1 Å². The van der Waals surface area contributed by atoms with Gasteiger partial charge in [0.25, 0.3) is 0 Å². The number of hydrogen-bond acceptors (Lipinski definition) is 2. The predicted octanol–water partition coefficient (Wildman–Crippen LogP) is 4.17. The minimum Gasteiger partial charge on any atom is -0.358 e. The fourth-order valence-electron chi connectivity index (χ4n) is 2.78. The smallest absolute Gasteiger partial charge is 0.171 e. The van der Waals surface area contributed by atoms with E-state index in [0.29, 0.717) is 18.2 Å². The largest absolute Gasteiger partial charge is 0.358 e. The Hall–Kier alpha value is -2.73. The molecule has 26 heavy (non-hydrogen) atoms. The summed E-state index contributed by atoms with van der Waals surface area (Å²) >= 11 is 5.40. The lowest BCUT2D eigenvalue weighted by molar-refractivity contribution is 0.616. The van der Waals surface area contributed by atoms with Gasteiger partial charge in [0.15, 0.2) is 5.11 Å². The molecule has 0 fully saturated rings. The van der Waals surface area contributed by atoms with Gasteiger partial charge in [0.1, 0.15) is 5.82 Å². The molecule has 0 spiro atoms. The zero-order valence-corrected chi connectivity index (χ0v) is 15.6. The molecule has 0 bridgehead atoms. The normalized spacial score (nSPS) is 10.6. The first kappa shape index (κ1) is 18.1. The Kier molecular flexibility index (Phi) is 5.63. The second kappa shape index (κ2) is 8.10. The molecule has 2 aromatic carbocycles. The van der Waals surface area contributed by atoms with Crippen molar-refractivity contribution in [3.63, 3.8) is 0 Å². The minimum absolute atomic E-state index is 0.242. The average molecular weight is 368 g/mol. The molecule has 0 aliphatic rings. The molecule has 134 valence electrons. The van der Waals surface area contributed by atoms with Crippen molar-refractivity contribution in [2.45, 2.75) is 26.9 Å². The van der Waals surface area contributed by atoms with Gasteiger partial charge in [-0.1, -0.05) is 42.5 Å². The third-order valence-electron chi connectivity index (χ3n) is 4.14. The molecule has 2 N–H and O–H groups in total. The van der Waals surface area contributed by atoms with Gasteiger partial charge in [0.05, 0.1) is 23.6 Å². The fourth-order valence-corrected chi connectivity index (χ4v) is 2.95. The topological polar surface area (TPSA) is 41.9 Å². The first-order valence-corrected chi connectivity index (χ1v) is 8.81. The van der Waals surface area contributed by atoms with Crippen LogP contribution in [-0.2, 0) is 13.1 Å². The van der Waals surface area contributed by atoms with E-state index in [9.17, 15) is 4.39 Å². The van der Waals surface area contributed by atoms with Gasteiger partial charge in [-0.3, -0.25) is 4.68 Å². The monoisotopic (exact) mass is 368 g/mol. The second-order valence-electron chi connectivity index (χ2n) is 6.13. The van der Waals surface area contributed by atoms with Crippen LogP contribution in [0.2, 0.25) is 0 Å². The summed E-state index contributed by atoms with van der Waals surface area (Å²) in [4.78, 5) is 0. The Labute approximate surface area is 158 Å². The average Bonchev–Trinajstić information content (AvgIpc) is 2.88. The van der Waals surface area contributed by atoms with Gasteiger partial charge >= 0.3 is 0 Å². The highest BCUT2D eigenvalue weighted by Crippen LogP contribution is 2.20. The summed E-state index contributed by atoms with van der Waals surface area (Å²) in [5, 5.41) is 11.5. The molecule has 0 aliphatic carbocycles. The van der Waals surface area contributed by atoms with Crippen LogP contribution < -0.4 is 10.6 Å². The van der Waals surface area contributed by atoms with Crippen LogP contribution >= 0.6 is 12.2 Å². The summed E-state index contributed by atoms with van der Waals surface area (Å²) in [6, 6.07) is 16.6. The van der Waals surface area contributed by atoms with Crippen molar-refractivity contribution in [1.82, 2.24) is 15.1 Å². The summed E-state index contributed by atoms with van der Waals surface area (Å²) in [7, 11) is 0. The number of benzene rings is 2. The maximum Gasteiger partial charge on any atom is 0.171 e. The molecule has 6 heteroatoms. The number of nitrogens with one attached hydrogen (secondary N) is 2. The molecule has 3 rings (SSSR count). The zero-order chi connectivity index (χ0) is 18.5. The number of aromatic nitrogens is 2. The van der Waals surface area contributed by atoms with Crippen molar-refractivity contribution in [2.75, 3.05) is 5.32 Å². The van der Waals surface area contributed by atoms with Crippen LogP contribution in [0.5, 0.6) is 0 Å². The van der Waals surface area contributed by atoms with Crippen LogP contribution in [0.25, 0.3) is 0 Å². The molecule has 1 aromatic heterocycles. The number of halogens is 1. The lowest BCUT2D eigenvalue weighted by Gasteiger charge is -2.11. The van der Waals surface area contributed by atoms with Crippen molar-refractivity contribution in [2.24, 2.45) is 0 Å². The third kappa shape index (κ3) is 4.46. The third-order valence-corrected chi connectivity index (χ3v) is 4.38. The van der Waals surface area contributed by atoms with E-state index in [1.165, 1.54) is 12.1 Å². The van der Waals surface area contributed by atoms with Crippen LogP contribution in [0.3, 0.4) is 0 Å². The van der Waals surface area contributed by atoms with Crippen LogP contribution in [-0.4, -0.2) is 14.9 Å². The quantitative estimate of drug-likeness (QED) is 0.663. The van der Waals surface area contributed by atoms with Gasteiger partial charge in [-0.15, -0.1) is 0 Å². The van der Waals surface area contributed by atoms with Crippen molar-refractivity contribution >= 4 is 23.0 Å². The maximum atomic E-state index is 13.4. The van der Waals surface area contributed by atoms with Crippen molar-refractivity contribution in [3.8, 4) is 0 Å². The number of aryl methyl sites for hydroxylation is 1. The molecular weight excluding hydrogens is 347 g/mol. The highest BCUT2D eigenvalue weighted by Gasteiger charge is 2.13. The van der Waals surface area contributed by atoms with Gasteiger partial charge in [-0.05, 0) is 49.3 Å². The number of thiocarbonyl (C=S) groups is 1. The molecule has 0 aliphatic heterocycles. The number of anilines is 1. The number of rotatable bonds is 5. The van der Waals surface area contributed by atoms with E-state index in [-0.39, 0.29) is 5.82 Å². The summed E-state index contributed by atoms with van der Waals surface area (Å²) in [6.07, 6.45) is 0. The molecule has 0 saturated heterocycles. The first-order chi connectivity index (χ1) is 12.5. The fraction of sp³-hybridized carbons (Fsp3) is 0.200. The summed E-state index contributed by atoms with van der Waals surface area (Å²) in [6.45, 7) is 5.07. The summed E-state index contributed by atoms with van der Waals surface area (Å²) < 4.78 is 15.2. The van der Waals surface area contributed by atoms with E-state index in [1.807, 2.05) is 54.9 Å². The number of hydrogen-bond donors (Lipinski definition) is 2. The summed E-state index contributed by atoms with van der Waals surface area (Å²) in [5.41, 5.74) is 4.71. The van der Waals surface area contributed by atoms with Crippen molar-refractivity contribution < 1.29 is 4.39 Å². The van der Waals surface area contributed by atoms with Crippen LogP contribution in [0.1, 0.15) is 22.5 Å². The molecule has 0 saturated carbocycles. The lowest BCUT2D eigenvalue weighted by Crippen LogP contribution is -2.28. The molecule has 0 unspecified atom stereocenters. The van der Waals surface area contributed by atoms with Gasteiger partial charge < -0.3 is 10.6 Å². The zero-order valence-electron chi connectivity index (χ0n) is 14.8. The number of nitrogens with zero attached hydrogens (tertiary/aromatic N) is 2. The van der Waals surface area contributed by atoms with E-state index in [0.717, 1.165) is 28.2 Å². The Morgan fingerprint density at radius 1 is 1.08 bits per heavy atom. The Balaban J connectivity index is 1.66. The molecule has 3 aromatic rings. The van der Waals surface area contributed by atoms with E-state index < -0.39 is 0 Å². The minimum atomic E-state index is -0.242. The van der Waals surface area contributed by atoms with E-state index in [4.69, 9.17) is 12.2 Å². The molecule has 0 amide bonds. The molecule has 0 atom stereocenters. The Bertz CT molecular complexity index is 905. The van der Waals surface area contributed by atoms with Crippen molar-refractivity contribution in [1.29, 1.82) is 0 Å². The van der Waals surface area contributed by atoms with Gasteiger partial charge in [0.2, 0.25) is 0 Å². The molecule has 0 radical (unpaired) electrons. The highest BCUT2D eigenvalue weighted by molar-refractivity contribution is 7.80. The molecular formula is C20H21FN4S. The highest BCUT2D eigenvalue weighted by atomic mass is 32.1. The standard InChI is InChI=1S/C20H21FN4S/c1-14-19(23-20(26)22-12-16-7-4-3-5-8-16)15(2)25(24-14)13-17-9-6-10-18(21)11-17/h3-11H,12-13H2,1-2H3,(H2,22,23,26). The van der Waals surface area contributed by atoms with Crippen LogP contribution in [0, 0.1) is 19.7 Å². The van der Waals surface area contributed by atoms with Crippen LogP contribution in [0.15, 0.2) is 54.6 Å². The van der Waals surface area contributed by atoms with E-state index >= 15 is 0 Å². The van der Waals surface area contributed by atoms with E-state index in [1.54, 1.807) is 6.07 Å².